The van der Waals surface area contributed by atoms with Gasteiger partial charge in [-0.15, -0.1) is 0 Å². The van der Waals surface area contributed by atoms with Gasteiger partial charge < -0.3 is 5.11 Å². The maximum absolute atomic E-state index is 12.0. The predicted octanol–water partition coefficient (Wildman–Crippen LogP) is 1.77. The first-order valence-corrected chi connectivity index (χ1v) is 6.92. The predicted molar refractivity (Wildman–Crippen MR) is 73.5 cm³/mol. The number of fused-ring (bicyclic) bond motifs is 2. The monoisotopic (exact) mass is 257 g/mol. The maximum Gasteiger partial charge on any atom is 0.172 e. The van der Waals surface area contributed by atoms with Gasteiger partial charge in [0.05, 0.1) is 6.04 Å². The summed E-state index contributed by atoms with van der Waals surface area (Å²) in [5.41, 5.74) is 1.24. The molecule has 0 spiro atoms. The largest absolute Gasteiger partial charge is 0.396 e. The molecule has 3 nitrogen and oxygen atoms in total. The minimum Gasteiger partial charge on any atom is -0.396 e. The second kappa shape index (κ2) is 5.27. The topological polar surface area (TPSA) is 40.5 Å². The smallest absolute Gasteiger partial charge is 0.172 e. The molecule has 1 N–H and O–H groups in total. The zero-order chi connectivity index (χ0) is 13.2. The van der Waals surface area contributed by atoms with Crippen LogP contribution < -0.4 is 0 Å². The lowest BCUT2D eigenvalue weighted by molar-refractivity contribution is -0.119. The maximum atomic E-state index is 12.0. The van der Waals surface area contributed by atoms with Crippen LogP contribution in [0.25, 0.3) is 0 Å². The molecule has 0 saturated carbocycles. The van der Waals surface area contributed by atoms with Crippen LogP contribution >= 0.6 is 0 Å². The minimum atomic E-state index is 0.00626. The molecule has 0 aromatic heterocycles. The van der Waals surface area contributed by atoms with E-state index in [1.54, 1.807) is 6.08 Å². The molecule has 1 fully saturated rings. The quantitative estimate of drug-likeness (QED) is 0.893. The summed E-state index contributed by atoms with van der Waals surface area (Å²) in [6, 6.07) is 10.6. The average Bonchev–Trinajstić information content (AvgIpc) is 2.66. The number of hydrogen-bond donors (Lipinski definition) is 1. The van der Waals surface area contributed by atoms with E-state index in [0.717, 1.165) is 19.4 Å². The third-order valence-electron chi connectivity index (χ3n) is 4.29. The Kier molecular flexibility index (Phi) is 3.49. The van der Waals surface area contributed by atoms with Crippen molar-refractivity contribution in [3.05, 3.63) is 48.0 Å². The summed E-state index contributed by atoms with van der Waals surface area (Å²) in [7, 11) is 0. The van der Waals surface area contributed by atoms with E-state index in [4.69, 9.17) is 5.11 Å². The Balaban J connectivity index is 1.81. The summed E-state index contributed by atoms with van der Waals surface area (Å²) in [4.78, 5) is 14.3. The van der Waals surface area contributed by atoms with Crippen molar-refractivity contribution in [2.45, 2.75) is 31.5 Å². The first-order valence-electron chi connectivity index (χ1n) is 6.92. The number of carbonyl (C=O) groups excluding carboxylic acids is 1. The Morgan fingerprint density at radius 2 is 2.05 bits per heavy atom. The molecule has 0 radical (unpaired) electrons. The van der Waals surface area contributed by atoms with Gasteiger partial charge in [0.2, 0.25) is 0 Å². The van der Waals surface area contributed by atoms with E-state index in [2.05, 4.69) is 17.0 Å². The van der Waals surface area contributed by atoms with Crippen LogP contribution in [-0.2, 0) is 11.3 Å². The second-order valence-corrected chi connectivity index (χ2v) is 5.43. The fourth-order valence-electron chi connectivity index (χ4n) is 3.36. The Morgan fingerprint density at radius 3 is 2.79 bits per heavy atom. The second-order valence-electron chi connectivity index (χ2n) is 5.43. The molecule has 0 aliphatic carbocycles. The molecule has 0 amide bonds. The molecule has 1 aromatic carbocycles. The highest BCUT2D eigenvalue weighted by atomic mass is 16.3. The van der Waals surface area contributed by atoms with Gasteiger partial charge in [-0.1, -0.05) is 36.4 Å². The van der Waals surface area contributed by atoms with Gasteiger partial charge in [0.25, 0.3) is 0 Å². The van der Waals surface area contributed by atoms with Crippen LogP contribution in [0.2, 0.25) is 0 Å². The van der Waals surface area contributed by atoms with Crippen molar-refractivity contribution in [2.75, 3.05) is 6.61 Å². The van der Waals surface area contributed by atoms with Gasteiger partial charge in [-0.3, -0.25) is 9.69 Å². The molecule has 2 aliphatic heterocycles. The van der Waals surface area contributed by atoms with E-state index >= 15 is 0 Å². The van der Waals surface area contributed by atoms with E-state index < -0.39 is 0 Å². The SMILES string of the molecule is O=C1C=C[C@H]2[C@H](CCO)C[C@@H]1N2Cc1ccccc1. The molecule has 0 unspecified atom stereocenters. The summed E-state index contributed by atoms with van der Waals surface area (Å²) >= 11 is 0. The van der Waals surface area contributed by atoms with Crippen molar-refractivity contribution in [2.24, 2.45) is 5.92 Å². The number of aliphatic hydroxyl groups excluding tert-OH is 1. The van der Waals surface area contributed by atoms with Crippen LogP contribution in [0, 0.1) is 5.92 Å². The molecule has 100 valence electrons. The van der Waals surface area contributed by atoms with Gasteiger partial charge in [-0.05, 0) is 30.4 Å². The summed E-state index contributed by atoms with van der Waals surface area (Å²) in [5, 5.41) is 9.16. The fourth-order valence-corrected chi connectivity index (χ4v) is 3.36. The van der Waals surface area contributed by atoms with Crippen molar-refractivity contribution in [1.29, 1.82) is 0 Å². The van der Waals surface area contributed by atoms with Crippen LogP contribution in [0.15, 0.2) is 42.5 Å². The number of nitrogens with zero attached hydrogens (tertiary/aromatic N) is 1. The van der Waals surface area contributed by atoms with Gasteiger partial charge in [0, 0.05) is 19.2 Å². The number of hydrogen-bond acceptors (Lipinski definition) is 3. The normalized spacial score (nSPS) is 29.9. The van der Waals surface area contributed by atoms with Crippen LogP contribution in [-0.4, -0.2) is 34.5 Å². The molecule has 2 aliphatic rings. The van der Waals surface area contributed by atoms with Gasteiger partial charge in [0.15, 0.2) is 5.78 Å². The average molecular weight is 257 g/mol. The molecular formula is C16H19NO2. The van der Waals surface area contributed by atoms with Crippen molar-refractivity contribution >= 4 is 5.78 Å². The molecular weight excluding hydrogens is 238 g/mol. The molecule has 2 heterocycles. The number of aliphatic hydroxyl groups is 1. The zero-order valence-electron chi connectivity index (χ0n) is 10.9. The van der Waals surface area contributed by atoms with E-state index in [1.807, 2.05) is 24.3 Å². The molecule has 1 aromatic rings. The molecule has 3 heteroatoms. The van der Waals surface area contributed by atoms with Gasteiger partial charge >= 0.3 is 0 Å². The van der Waals surface area contributed by atoms with Gasteiger partial charge in [0.1, 0.15) is 0 Å². The number of ketones is 1. The molecule has 3 atom stereocenters. The zero-order valence-corrected chi connectivity index (χ0v) is 10.9. The highest BCUT2D eigenvalue weighted by molar-refractivity contribution is 5.95. The number of rotatable bonds is 4. The highest BCUT2D eigenvalue weighted by Crippen LogP contribution is 2.37. The summed E-state index contributed by atoms with van der Waals surface area (Å²) in [6.07, 6.45) is 5.41. The lowest BCUT2D eigenvalue weighted by atomic mass is 9.97. The Labute approximate surface area is 113 Å². The third-order valence-corrected chi connectivity index (χ3v) is 4.29. The number of benzene rings is 1. The summed E-state index contributed by atoms with van der Waals surface area (Å²) in [5.74, 6) is 0.619. The first kappa shape index (κ1) is 12.6. The lowest BCUT2D eigenvalue weighted by Gasteiger charge is -2.31. The lowest BCUT2D eigenvalue weighted by Crippen LogP contribution is -2.42. The van der Waals surface area contributed by atoms with Crippen LogP contribution in [0.3, 0.4) is 0 Å². The number of carbonyl (C=O) groups is 1. The van der Waals surface area contributed by atoms with E-state index in [9.17, 15) is 4.79 Å². The third kappa shape index (κ3) is 2.36. The van der Waals surface area contributed by atoms with Crippen molar-refractivity contribution in [3.63, 3.8) is 0 Å². The Hall–Kier alpha value is -1.45. The molecule has 1 saturated heterocycles. The van der Waals surface area contributed by atoms with E-state index in [0.29, 0.717) is 12.0 Å². The Morgan fingerprint density at radius 1 is 1.26 bits per heavy atom. The Bertz CT molecular complexity index is 483. The van der Waals surface area contributed by atoms with Crippen molar-refractivity contribution in [1.82, 2.24) is 4.90 Å². The summed E-state index contributed by atoms with van der Waals surface area (Å²) in [6.45, 7) is 1.02. The molecule has 19 heavy (non-hydrogen) atoms. The van der Waals surface area contributed by atoms with E-state index in [-0.39, 0.29) is 18.4 Å². The molecule has 2 bridgehead atoms. The van der Waals surface area contributed by atoms with Crippen LogP contribution in [0.4, 0.5) is 0 Å². The summed E-state index contributed by atoms with van der Waals surface area (Å²) < 4.78 is 0. The molecule has 3 rings (SSSR count). The fraction of sp³-hybridized carbons (Fsp3) is 0.438. The minimum absolute atomic E-state index is 0.00626. The van der Waals surface area contributed by atoms with Crippen molar-refractivity contribution in [3.8, 4) is 0 Å². The van der Waals surface area contributed by atoms with Gasteiger partial charge in [-0.25, -0.2) is 0 Å². The van der Waals surface area contributed by atoms with Gasteiger partial charge in [-0.2, -0.15) is 0 Å². The first-order chi connectivity index (χ1) is 9.29. The van der Waals surface area contributed by atoms with Crippen LogP contribution in [0.1, 0.15) is 18.4 Å². The standard InChI is InChI=1S/C16H19NO2/c18-9-8-13-10-15-16(19)7-6-14(13)17(15)11-12-4-2-1-3-5-12/h1-7,13-15,18H,8-11H2/t13-,14+,15+/m1/s1. The van der Waals surface area contributed by atoms with Crippen molar-refractivity contribution < 1.29 is 9.90 Å². The van der Waals surface area contributed by atoms with E-state index in [1.165, 1.54) is 5.56 Å². The van der Waals surface area contributed by atoms with Crippen LogP contribution in [0.5, 0.6) is 0 Å². The highest BCUT2D eigenvalue weighted by Gasteiger charge is 2.44.